The molecule has 1 amide bonds. The van der Waals surface area contributed by atoms with Crippen LogP contribution in [0.25, 0.3) is 22.0 Å². The van der Waals surface area contributed by atoms with E-state index < -0.39 is 29.3 Å². The van der Waals surface area contributed by atoms with Gasteiger partial charge in [-0.05, 0) is 30.7 Å². The monoisotopic (exact) mass is 380 g/mol. The van der Waals surface area contributed by atoms with Gasteiger partial charge < -0.3 is 15.4 Å². The Kier molecular flexibility index (Phi) is 4.75. The maximum atomic E-state index is 13.2. The summed E-state index contributed by atoms with van der Waals surface area (Å²) in [6.07, 6.45) is -2.92. The van der Waals surface area contributed by atoms with Gasteiger partial charge in [-0.3, -0.25) is 14.7 Å². The number of benzene rings is 1. The van der Waals surface area contributed by atoms with Crippen LogP contribution in [0.1, 0.15) is 22.8 Å². The van der Waals surface area contributed by atoms with Gasteiger partial charge >= 0.3 is 6.18 Å². The van der Waals surface area contributed by atoms with E-state index in [2.05, 4.69) is 20.5 Å². The van der Waals surface area contributed by atoms with Gasteiger partial charge in [0.1, 0.15) is 0 Å². The average Bonchev–Trinajstić information content (AvgIpc) is 3.07. The molecule has 142 valence electrons. The molecule has 0 aliphatic heterocycles. The summed E-state index contributed by atoms with van der Waals surface area (Å²) in [6.45, 7) is 1.47. The van der Waals surface area contributed by atoms with Crippen molar-refractivity contribution >= 4 is 16.8 Å². The first-order chi connectivity index (χ1) is 12.7. The Bertz CT molecular complexity index is 1050. The van der Waals surface area contributed by atoms with Crippen molar-refractivity contribution in [3.63, 3.8) is 0 Å². The second-order valence-corrected chi connectivity index (χ2v) is 6.04. The number of hydrogen-bond acceptors (Lipinski definition) is 4. The first kappa shape index (κ1) is 18.6. The van der Waals surface area contributed by atoms with Crippen molar-refractivity contribution < 1.29 is 23.1 Å². The zero-order valence-corrected chi connectivity index (χ0v) is 14.0. The van der Waals surface area contributed by atoms with Crippen LogP contribution in [0.2, 0.25) is 0 Å². The maximum Gasteiger partial charge on any atom is 0.416 e. The van der Waals surface area contributed by atoms with Crippen LogP contribution in [-0.2, 0) is 6.18 Å². The Hall–Kier alpha value is -3.14. The zero-order valence-electron chi connectivity index (χ0n) is 14.0. The van der Waals surface area contributed by atoms with Crippen LogP contribution in [0.3, 0.4) is 0 Å². The summed E-state index contributed by atoms with van der Waals surface area (Å²) in [5.41, 5.74) is -1.54. The molecule has 2 aromatic heterocycles. The standard InChI is InChI=1S/C17H15F3N4O3/c1-8(25)5-21-15(26)9-2-12(16(27)22-6-9)11-3-10(17(18,19)20)4-14-13(11)7-23-24-14/h2-4,6-8,25H,5H2,1H3,(H,21,26)(H,22,27)(H,23,24). The third-order valence-electron chi connectivity index (χ3n) is 3.90. The Morgan fingerprint density at radius 2 is 2.04 bits per heavy atom. The number of hydrogen-bond donors (Lipinski definition) is 4. The highest BCUT2D eigenvalue weighted by molar-refractivity contribution is 5.98. The van der Waals surface area contributed by atoms with E-state index in [9.17, 15) is 27.9 Å². The van der Waals surface area contributed by atoms with Crippen LogP contribution < -0.4 is 10.9 Å². The number of rotatable bonds is 4. The number of alkyl halides is 3. The predicted octanol–water partition coefficient (Wildman–Crippen LogP) is 2.05. The highest BCUT2D eigenvalue weighted by Crippen LogP contribution is 2.35. The summed E-state index contributed by atoms with van der Waals surface area (Å²) in [6, 6.07) is 2.96. The van der Waals surface area contributed by atoms with Crippen molar-refractivity contribution in [2.75, 3.05) is 6.54 Å². The number of amides is 1. The molecule has 2 heterocycles. The second kappa shape index (κ2) is 6.88. The lowest BCUT2D eigenvalue weighted by atomic mass is 9.99. The molecule has 0 saturated heterocycles. The number of aromatic amines is 2. The van der Waals surface area contributed by atoms with Crippen LogP contribution in [-0.4, -0.2) is 38.8 Å². The first-order valence-corrected chi connectivity index (χ1v) is 7.90. The van der Waals surface area contributed by atoms with Gasteiger partial charge in [0.15, 0.2) is 0 Å². The molecule has 10 heteroatoms. The van der Waals surface area contributed by atoms with E-state index in [1.165, 1.54) is 19.2 Å². The summed E-state index contributed by atoms with van der Waals surface area (Å²) in [5.74, 6) is -0.580. The third-order valence-corrected chi connectivity index (χ3v) is 3.90. The smallest absolute Gasteiger partial charge is 0.392 e. The summed E-state index contributed by atoms with van der Waals surface area (Å²) < 4.78 is 39.6. The van der Waals surface area contributed by atoms with Crippen molar-refractivity contribution in [1.82, 2.24) is 20.5 Å². The molecule has 0 spiro atoms. The highest BCUT2D eigenvalue weighted by atomic mass is 19.4. The molecule has 0 radical (unpaired) electrons. The van der Waals surface area contributed by atoms with E-state index in [4.69, 9.17) is 0 Å². The van der Waals surface area contributed by atoms with E-state index in [0.29, 0.717) is 5.39 Å². The molecule has 3 aromatic rings. The van der Waals surface area contributed by atoms with Crippen LogP contribution in [0, 0.1) is 0 Å². The fourth-order valence-electron chi connectivity index (χ4n) is 2.60. The topological polar surface area (TPSA) is 111 Å². The molecule has 3 rings (SSSR count). The van der Waals surface area contributed by atoms with Crippen LogP contribution >= 0.6 is 0 Å². The Morgan fingerprint density at radius 3 is 2.70 bits per heavy atom. The van der Waals surface area contributed by atoms with Gasteiger partial charge in [0, 0.05) is 23.7 Å². The number of nitrogens with one attached hydrogen (secondary N) is 3. The minimum absolute atomic E-state index is 0.00000115. The van der Waals surface area contributed by atoms with Crippen molar-refractivity contribution in [3.05, 3.63) is 52.1 Å². The molecule has 27 heavy (non-hydrogen) atoms. The minimum atomic E-state index is -4.62. The van der Waals surface area contributed by atoms with E-state index in [0.717, 1.165) is 18.3 Å². The quantitative estimate of drug-likeness (QED) is 0.555. The highest BCUT2D eigenvalue weighted by Gasteiger charge is 2.32. The number of halogens is 3. The molecule has 0 aliphatic rings. The summed E-state index contributed by atoms with van der Waals surface area (Å²) in [5, 5.41) is 18.2. The van der Waals surface area contributed by atoms with Crippen molar-refractivity contribution in [3.8, 4) is 11.1 Å². The van der Waals surface area contributed by atoms with Gasteiger partial charge in [-0.1, -0.05) is 0 Å². The fourth-order valence-corrected chi connectivity index (χ4v) is 2.60. The molecule has 1 atom stereocenters. The second-order valence-electron chi connectivity index (χ2n) is 6.04. The van der Waals surface area contributed by atoms with Gasteiger partial charge in [-0.15, -0.1) is 0 Å². The number of aliphatic hydroxyl groups is 1. The normalized spacial score (nSPS) is 12.9. The largest absolute Gasteiger partial charge is 0.416 e. The lowest BCUT2D eigenvalue weighted by molar-refractivity contribution is -0.137. The summed E-state index contributed by atoms with van der Waals surface area (Å²) in [7, 11) is 0. The van der Waals surface area contributed by atoms with Gasteiger partial charge in [0.2, 0.25) is 0 Å². The van der Waals surface area contributed by atoms with E-state index in [1.54, 1.807) is 0 Å². The number of aromatic nitrogens is 3. The average molecular weight is 380 g/mol. The first-order valence-electron chi connectivity index (χ1n) is 7.90. The zero-order chi connectivity index (χ0) is 19.8. The third kappa shape index (κ3) is 3.85. The Morgan fingerprint density at radius 1 is 1.30 bits per heavy atom. The number of H-pyrrole nitrogens is 2. The van der Waals surface area contributed by atoms with Crippen LogP contribution in [0.5, 0.6) is 0 Å². The number of carbonyl (C=O) groups is 1. The summed E-state index contributed by atoms with van der Waals surface area (Å²) >= 11 is 0. The van der Waals surface area contributed by atoms with Crippen molar-refractivity contribution in [2.45, 2.75) is 19.2 Å². The number of carbonyl (C=O) groups excluding carboxylic acids is 1. The molecule has 0 fully saturated rings. The Balaban J connectivity index is 2.13. The van der Waals surface area contributed by atoms with Gasteiger partial charge in [0.05, 0.1) is 28.9 Å². The number of fused-ring (bicyclic) bond motifs is 1. The lowest BCUT2D eigenvalue weighted by Crippen LogP contribution is -2.31. The number of nitrogens with zero attached hydrogens (tertiary/aromatic N) is 1. The molecule has 0 aliphatic carbocycles. The molecule has 1 unspecified atom stereocenters. The number of pyridine rings is 1. The van der Waals surface area contributed by atoms with E-state index in [1.807, 2.05) is 0 Å². The summed E-state index contributed by atoms with van der Waals surface area (Å²) in [4.78, 5) is 26.7. The van der Waals surface area contributed by atoms with Crippen LogP contribution in [0.15, 0.2) is 35.4 Å². The Labute approximate surface area is 150 Å². The predicted molar refractivity (Wildman–Crippen MR) is 91.2 cm³/mol. The molecule has 0 bridgehead atoms. The SMILES string of the molecule is CC(O)CNC(=O)c1c[nH]c(=O)c(-c2cc(C(F)(F)F)cc3[nH]ncc23)c1. The van der Waals surface area contributed by atoms with E-state index in [-0.39, 0.29) is 28.8 Å². The molecule has 1 aromatic carbocycles. The number of aliphatic hydroxyl groups excluding tert-OH is 1. The van der Waals surface area contributed by atoms with Gasteiger partial charge in [-0.2, -0.15) is 18.3 Å². The van der Waals surface area contributed by atoms with Gasteiger partial charge in [0.25, 0.3) is 11.5 Å². The van der Waals surface area contributed by atoms with E-state index >= 15 is 0 Å². The molecular formula is C17H15F3N4O3. The molecular weight excluding hydrogens is 365 g/mol. The minimum Gasteiger partial charge on any atom is -0.392 e. The fraction of sp³-hybridized carbons (Fsp3) is 0.235. The van der Waals surface area contributed by atoms with Gasteiger partial charge in [-0.25, -0.2) is 0 Å². The molecule has 4 N–H and O–H groups in total. The van der Waals surface area contributed by atoms with Crippen molar-refractivity contribution in [1.29, 1.82) is 0 Å². The maximum absolute atomic E-state index is 13.2. The molecule has 0 saturated carbocycles. The molecule has 7 nitrogen and oxygen atoms in total. The lowest BCUT2D eigenvalue weighted by Gasteiger charge is -2.11. The van der Waals surface area contributed by atoms with Crippen LogP contribution in [0.4, 0.5) is 13.2 Å². The van der Waals surface area contributed by atoms with Crippen molar-refractivity contribution in [2.24, 2.45) is 0 Å².